The number of ether oxygens (including phenoxy) is 2. The number of hydrogen-bond acceptors (Lipinski definition) is 3. The number of benzene rings is 2. The Hall–Kier alpha value is -2.42. The summed E-state index contributed by atoms with van der Waals surface area (Å²) in [6.45, 7) is 0. The van der Waals surface area contributed by atoms with E-state index in [0.29, 0.717) is 0 Å². The summed E-state index contributed by atoms with van der Waals surface area (Å²) >= 11 is 0. The zero-order chi connectivity index (χ0) is 13.7. The van der Waals surface area contributed by atoms with Crippen molar-refractivity contribution >= 4 is 17.8 Å². The molecule has 19 heavy (non-hydrogen) atoms. The first-order valence-electron chi connectivity index (χ1n) is 5.98. The molecule has 0 saturated heterocycles. The van der Waals surface area contributed by atoms with Gasteiger partial charge in [0, 0.05) is 17.3 Å². The zero-order valence-corrected chi connectivity index (χ0v) is 11.1. The van der Waals surface area contributed by atoms with Crippen LogP contribution in [0.3, 0.4) is 0 Å². The third-order valence-corrected chi connectivity index (χ3v) is 2.81. The lowest BCUT2D eigenvalue weighted by Gasteiger charge is -2.07. The normalized spacial score (nSPS) is 10.6. The second-order valence-electron chi connectivity index (χ2n) is 4.11. The molecule has 0 bridgehead atoms. The number of nitrogen functional groups attached to an aromatic ring is 1. The lowest BCUT2D eigenvalue weighted by atomic mass is 10.1. The topological polar surface area (TPSA) is 44.5 Å². The van der Waals surface area contributed by atoms with Crippen molar-refractivity contribution in [1.82, 2.24) is 0 Å². The first kappa shape index (κ1) is 13.0. The van der Waals surface area contributed by atoms with E-state index in [9.17, 15) is 0 Å². The van der Waals surface area contributed by atoms with E-state index in [2.05, 4.69) is 0 Å². The van der Waals surface area contributed by atoms with Crippen molar-refractivity contribution in [1.29, 1.82) is 0 Å². The SMILES string of the molecule is COc1ccc(/C=C/c2cccc(N)c2)c(OC)c1. The van der Waals surface area contributed by atoms with E-state index in [0.717, 1.165) is 28.3 Å². The van der Waals surface area contributed by atoms with Gasteiger partial charge in [0.2, 0.25) is 0 Å². The summed E-state index contributed by atoms with van der Waals surface area (Å²) in [5.74, 6) is 1.55. The predicted molar refractivity (Wildman–Crippen MR) is 79.3 cm³/mol. The monoisotopic (exact) mass is 255 g/mol. The van der Waals surface area contributed by atoms with E-state index >= 15 is 0 Å². The molecule has 2 aromatic carbocycles. The Kier molecular flexibility index (Phi) is 4.08. The van der Waals surface area contributed by atoms with Gasteiger partial charge in [-0.3, -0.25) is 0 Å². The van der Waals surface area contributed by atoms with Crippen molar-refractivity contribution in [2.45, 2.75) is 0 Å². The Bertz CT molecular complexity index is 591. The molecular weight excluding hydrogens is 238 g/mol. The second kappa shape index (κ2) is 5.96. The molecule has 0 aliphatic heterocycles. The molecule has 0 unspecified atom stereocenters. The van der Waals surface area contributed by atoms with Gasteiger partial charge in [-0.25, -0.2) is 0 Å². The summed E-state index contributed by atoms with van der Waals surface area (Å²) in [6.07, 6.45) is 3.99. The van der Waals surface area contributed by atoms with Crippen LogP contribution in [0.2, 0.25) is 0 Å². The molecule has 0 fully saturated rings. The van der Waals surface area contributed by atoms with Crippen LogP contribution in [0, 0.1) is 0 Å². The van der Waals surface area contributed by atoms with Gasteiger partial charge >= 0.3 is 0 Å². The quantitative estimate of drug-likeness (QED) is 0.672. The van der Waals surface area contributed by atoms with E-state index in [1.54, 1.807) is 14.2 Å². The highest BCUT2D eigenvalue weighted by molar-refractivity contribution is 5.74. The molecule has 0 atom stereocenters. The molecule has 0 aliphatic carbocycles. The summed E-state index contributed by atoms with van der Waals surface area (Å²) < 4.78 is 10.5. The Morgan fingerprint density at radius 1 is 0.947 bits per heavy atom. The second-order valence-corrected chi connectivity index (χ2v) is 4.11. The molecule has 0 amide bonds. The average molecular weight is 255 g/mol. The maximum absolute atomic E-state index is 5.75. The van der Waals surface area contributed by atoms with Gasteiger partial charge in [-0.05, 0) is 29.8 Å². The lowest BCUT2D eigenvalue weighted by molar-refractivity contribution is 0.394. The molecular formula is C16H17NO2. The molecule has 0 spiro atoms. The first-order valence-corrected chi connectivity index (χ1v) is 5.98. The van der Waals surface area contributed by atoms with Crippen LogP contribution in [0.5, 0.6) is 11.5 Å². The molecule has 0 heterocycles. The number of hydrogen-bond donors (Lipinski definition) is 1. The minimum atomic E-state index is 0.754. The van der Waals surface area contributed by atoms with Gasteiger partial charge in [0.05, 0.1) is 14.2 Å². The zero-order valence-electron chi connectivity index (χ0n) is 11.1. The molecule has 0 radical (unpaired) electrons. The maximum atomic E-state index is 5.75. The molecule has 0 saturated carbocycles. The van der Waals surface area contributed by atoms with E-state index in [-0.39, 0.29) is 0 Å². The fourth-order valence-electron chi connectivity index (χ4n) is 1.80. The minimum Gasteiger partial charge on any atom is -0.497 e. The summed E-state index contributed by atoms with van der Waals surface area (Å²) in [6, 6.07) is 13.4. The van der Waals surface area contributed by atoms with Crippen LogP contribution in [0.25, 0.3) is 12.2 Å². The molecule has 2 rings (SSSR count). The third-order valence-electron chi connectivity index (χ3n) is 2.81. The lowest BCUT2D eigenvalue weighted by Crippen LogP contribution is -1.89. The van der Waals surface area contributed by atoms with Gasteiger partial charge in [0.25, 0.3) is 0 Å². The van der Waals surface area contributed by atoms with Gasteiger partial charge in [-0.1, -0.05) is 24.3 Å². The minimum absolute atomic E-state index is 0.754. The highest BCUT2D eigenvalue weighted by Crippen LogP contribution is 2.26. The molecule has 2 N–H and O–H groups in total. The number of anilines is 1. The Labute approximate surface area is 113 Å². The van der Waals surface area contributed by atoms with E-state index < -0.39 is 0 Å². The van der Waals surface area contributed by atoms with Crippen molar-refractivity contribution < 1.29 is 9.47 Å². The number of nitrogens with two attached hydrogens (primary N) is 1. The van der Waals surface area contributed by atoms with Crippen molar-refractivity contribution in [2.24, 2.45) is 0 Å². The Morgan fingerprint density at radius 3 is 2.47 bits per heavy atom. The van der Waals surface area contributed by atoms with Crippen LogP contribution in [0.4, 0.5) is 5.69 Å². The van der Waals surface area contributed by atoms with Crippen LogP contribution >= 0.6 is 0 Å². The van der Waals surface area contributed by atoms with Crippen LogP contribution in [-0.2, 0) is 0 Å². The highest BCUT2D eigenvalue weighted by Gasteiger charge is 2.01. The number of methoxy groups -OCH3 is 2. The fourth-order valence-corrected chi connectivity index (χ4v) is 1.80. The smallest absolute Gasteiger partial charge is 0.129 e. The van der Waals surface area contributed by atoms with Gasteiger partial charge in [0.1, 0.15) is 11.5 Å². The predicted octanol–water partition coefficient (Wildman–Crippen LogP) is 3.46. The van der Waals surface area contributed by atoms with Gasteiger partial charge in [-0.2, -0.15) is 0 Å². The van der Waals surface area contributed by atoms with Crippen LogP contribution < -0.4 is 15.2 Å². The highest BCUT2D eigenvalue weighted by atomic mass is 16.5. The van der Waals surface area contributed by atoms with Crippen LogP contribution in [-0.4, -0.2) is 14.2 Å². The third kappa shape index (κ3) is 3.28. The van der Waals surface area contributed by atoms with E-state index in [1.807, 2.05) is 54.6 Å². The van der Waals surface area contributed by atoms with Gasteiger partial charge in [-0.15, -0.1) is 0 Å². The van der Waals surface area contributed by atoms with Crippen molar-refractivity contribution in [3.63, 3.8) is 0 Å². The van der Waals surface area contributed by atoms with Crippen LogP contribution in [0.1, 0.15) is 11.1 Å². The van der Waals surface area contributed by atoms with Crippen molar-refractivity contribution in [3.8, 4) is 11.5 Å². The summed E-state index contributed by atoms with van der Waals surface area (Å²) in [7, 11) is 3.28. The van der Waals surface area contributed by atoms with Gasteiger partial charge in [0.15, 0.2) is 0 Å². The standard InChI is InChI=1S/C16H17NO2/c1-18-15-9-8-13(16(11-15)19-2)7-6-12-4-3-5-14(17)10-12/h3-11H,17H2,1-2H3/b7-6+. The molecule has 3 heteroatoms. The van der Waals surface area contributed by atoms with E-state index in [4.69, 9.17) is 15.2 Å². The Balaban J connectivity index is 2.27. The largest absolute Gasteiger partial charge is 0.497 e. The average Bonchev–Trinajstić information content (AvgIpc) is 2.45. The first-order chi connectivity index (χ1) is 9.22. The summed E-state index contributed by atoms with van der Waals surface area (Å²) in [4.78, 5) is 0. The van der Waals surface area contributed by atoms with Crippen molar-refractivity contribution in [3.05, 3.63) is 53.6 Å². The maximum Gasteiger partial charge on any atom is 0.129 e. The van der Waals surface area contributed by atoms with Crippen LogP contribution in [0.15, 0.2) is 42.5 Å². The molecule has 0 aliphatic rings. The van der Waals surface area contributed by atoms with Crippen molar-refractivity contribution in [2.75, 3.05) is 20.0 Å². The van der Waals surface area contributed by atoms with Gasteiger partial charge < -0.3 is 15.2 Å². The molecule has 2 aromatic rings. The van der Waals surface area contributed by atoms with E-state index in [1.165, 1.54) is 0 Å². The Morgan fingerprint density at radius 2 is 1.79 bits per heavy atom. The number of rotatable bonds is 4. The molecule has 0 aromatic heterocycles. The molecule has 98 valence electrons. The summed E-state index contributed by atoms with van der Waals surface area (Å²) in [5, 5.41) is 0. The molecule has 3 nitrogen and oxygen atoms in total. The fraction of sp³-hybridized carbons (Fsp3) is 0.125. The summed E-state index contributed by atoms with van der Waals surface area (Å²) in [5.41, 5.74) is 8.54.